The van der Waals surface area contributed by atoms with Gasteiger partial charge in [0, 0.05) is 28.3 Å². The van der Waals surface area contributed by atoms with E-state index in [0.717, 1.165) is 27.7 Å². The highest BCUT2D eigenvalue weighted by Crippen LogP contribution is 2.30. The molecule has 0 bridgehead atoms. The van der Waals surface area contributed by atoms with E-state index in [-0.39, 0.29) is 5.75 Å². The lowest BCUT2D eigenvalue weighted by Gasteiger charge is -2.10. The highest BCUT2D eigenvalue weighted by molar-refractivity contribution is 7.99. The summed E-state index contributed by atoms with van der Waals surface area (Å²) in [6.45, 7) is 3.74. The standard InChI is InChI=1S/C23H24N6O2S2/c1-3-13-33(30,31)29-18-9-11-19(12-10-18)32-23-24-20(17-7-5-4-6-8-17)15-21(26-23)25-22-14-16(2)27-28-22/h4-12,14-15,29H,3,13H2,1-2H3,(H2,24,25,26,27,28). The van der Waals surface area contributed by atoms with E-state index in [9.17, 15) is 8.42 Å². The van der Waals surface area contributed by atoms with Gasteiger partial charge in [0.15, 0.2) is 5.16 Å². The molecule has 8 nitrogen and oxygen atoms in total. The molecule has 2 aromatic carbocycles. The Balaban J connectivity index is 1.59. The summed E-state index contributed by atoms with van der Waals surface area (Å²) in [6.07, 6.45) is 0.562. The molecule has 10 heteroatoms. The van der Waals surface area contributed by atoms with Crippen LogP contribution in [0.2, 0.25) is 0 Å². The van der Waals surface area contributed by atoms with Gasteiger partial charge >= 0.3 is 0 Å². The Kier molecular flexibility index (Phi) is 6.95. The lowest BCUT2D eigenvalue weighted by Crippen LogP contribution is -2.15. The maximum Gasteiger partial charge on any atom is 0.232 e. The number of benzene rings is 2. The predicted molar refractivity (Wildman–Crippen MR) is 132 cm³/mol. The van der Waals surface area contributed by atoms with Crippen molar-refractivity contribution in [2.45, 2.75) is 30.3 Å². The largest absolute Gasteiger partial charge is 0.325 e. The van der Waals surface area contributed by atoms with Gasteiger partial charge in [0.1, 0.15) is 11.6 Å². The second-order valence-electron chi connectivity index (χ2n) is 7.38. The highest BCUT2D eigenvalue weighted by Gasteiger charge is 2.11. The fourth-order valence-corrected chi connectivity index (χ4v) is 5.02. The van der Waals surface area contributed by atoms with Crippen LogP contribution in [-0.2, 0) is 10.0 Å². The van der Waals surface area contributed by atoms with Gasteiger partial charge in [-0.1, -0.05) is 37.3 Å². The fraction of sp³-hybridized carbons (Fsp3) is 0.174. The van der Waals surface area contributed by atoms with E-state index in [1.807, 2.05) is 68.4 Å². The van der Waals surface area contributed by atoms with Gasteiger partial charge in [0.25, 0.3) is 0 Å². The summed E-state index contributed by atoms with van der Waals surface area (Å²) in [5.74, 6) is 1.47. The molecule has 2 aromatic heterocycles. The fourth-order valence-electron chi connectivity index (χ4n) is 3.11. The maximum atomic E-state index is 12.0. The van der Waals surface area contributed by atoms with Crippen LogP contribution >= 0.6 is 11.8 Å². The van der Waals surface area contributed by atoms with Gasteiger partial charge in [0.05, 0.1) is 17.1 Å². The van der Waals surface area contributed by atoms with Crippen molar-refractivity contribution < 1.29 is 8.42 Å². The Labute approximate surface area is 197 Å². The number of anilines is 3. The first-order valence-electron chi connectivity index (χ1n) is 10.4. The molecule has 0 aliphatic carbocycles. The molecule has 0 amide bonds. The number of rotatable bonds is 9. The monoisotopic (exact) mass is 480 g/mol. The number of aromatic amines is 1. The van der Waals surface area contributed by atoms with Crippen LogP contribution < -0.4 is 10.0 Å². The molecule has 4 aromatic rings. The van der Waals surface area contributed by atoms with Crippen molar-refractivity contribution in [1.82, 2.24) is 20.2 Å². The number of H-pyrrole nitrogens is 1. The molecule has 33 heavy (non-hydrogen) atoms. The third-order valence-electron chi connectivity index (χ3n) is 4.55. The summed E-state index contributed by atoms with van der Waals surface area (Å²) in [5.41, 5.74) is 3.17. The minimum absolute atomic E-state index is 0.0925. The van der Waals surface area contributed by atoms with E-state index in [2.05, 4.69) is 25.2 Å². The summed E-state index contributed by atoms with van der Waals surface area (Å²) in [5, 5.41) is 10.9. The molecule has 3 N–H and O–H groups in total. The van der Waals surface area contributed by atoms with Crippen molar-refractivity contribution in [2.75, 3.05) is 15.8 Å². The molecule has 170 valence electrons. The number of nitrogens with one attached hydrogen (secondary N) is 3. The van der Waals surface area contributed by atoms with Gasteiger partial charge in [-0.2, -0.15) is 5.10 Å². The van der Waals surface area contributed by atoms with Gasteiger partial charge in [-0.25, -0.2) is 18.4 Å². The number of aryl methyl sites for hydroxylation is 1. The lowest BCUT2D eigenvalue weighted by atomic mass is 10.1. The topological polar surface area (TPSA) is 113 Å². The van der Waals surface area contributed by atoms with Crippen LogP contribution in [0, 0.1) is 6.92 Å². The molecule has 0 unspecified atom stereocenters. The summed E-state index contributed by atoms with van der Waals surface area (Å²) < 4.78 is 26.6. The van der Waals surface area contributed by atoms with Crippen molar-refractivity contribution in [2.24, 2.45) is 0 Å². The molecule has 0 spiro atoms. The van der Waals surface area contributed by atoms with Crippen molar-refractivity contribution in [1.29, 1.82) is 0 Å². The molecule has 0 saturated heterocycles. The van der Waals surface area contributed by atoms with Crippen LogP contribution in [0.25, 0.3) is 11.3 Å². The van der Waals surface area contributed by atoms with Gasteiger partial charge in [-0.3, -0.25) is 9.82 Å². The Morgan fingerprint density at radius 1 is 1.00 bits per heavy atom. The summed E-state index contributed by atoms with van der Waals surface area (Å²) in [6, 6.07) is 20.8. The number of aromatic nitrogens is 4. The summed E-state index contributed by atoms with van der Waals surface area (Å²) >= 11 is 1.40. The Morgan fingerprint density at radius 2 is 1.76 bits per heavy atom. The first kappa shape index (κ1) is 22.8. The average molecular weight is 481 g/mol. The van der Waals surface area contributed by atoms with E-state index in [0.29, 0.717) is 23.1 Å². The van der Waals surface area contributed by atoms with Crippen LogP contribution in [0.4, 0.5) is 17.3 Å². The van der Waals surface area contributed by atoms with Gasteiger partial charge < -0.3 is 5.32 Å². The first-order chi connectivity index (χ1) is 15.9. The van der Waals surface area contributed by atoms with Crippen molar-refractivity contribution in [3.05, 3.63) is 72.4 Å². The molecule has 0 saturated carbocycles. The lowest BCUT2D eigenvalue weighted by molar-refractivity contribution is 0.600. The van der Waals surface area contributed by atoms with Gasteiger partial charge in [-0.15, -0.1) is 0 Å². The smallest absolute Gasteiger partial charge is 0.232 e. The predicted octanol–water partition coefficient (Wildman–Crippen LogP) is 5.22. The van der Waals surface area contributed by atoms with E-state index in [4.69, 9.17) is 4.98 Å². The highest BCUT2D eigenvalue weighted by atomic mass is 32.2. The third-order valence-corrected chi connectivity index (χ3v) is 6.92. The third kappa shape index (κ3) is 6.33. The van der Waals surface area contributed by atoms with Gasteiger partial charge in [0.2, 0.25) is 10.0 Å². The van der Waals surface area contributed by atoms with E-state index in [1.54, 1.807) is 12.1 Å². The van der Waals surface area contributed by atoms with E-state index in [1.165, 1.54) is 11.8 Å². The molecular weight excluding hydrogens is 456 g/mol. The number of sulfonamides is 1. The molecule has 0 fully saturated rings. The van der Waals surface area contributed by atoms with Crippen LogP contribution in [0.1, 0.15) is 19.0 Å². The Morgan fingerprint density at radius 3 is 2.42 bits per heavy atom. The average Bonchev–Trinajstić information content (AvgIpc) is 3.20. The number of nitrogens with zero attached hydrogens (tertiary/aromatic N) is 3. The van der Waals surface area contributed by atoms with Gasteiger partial charge in [-0.05, 0) is 49.4 Å². The summed E-state index contributed by atoms with van der Waals surface area (Å²) in [4.78, 5) is 10.3. The minimum atomic E-state index is -3.32. The summed E-state index contributed by atoms with van der Waals surface area (Å²) in [7, 11) is -3.32. The Hall–Kier alpha value is -3.37. The normalized spacial score (nSPS) is 11.3. The van der Waals surface area contributed by atoms with Crippen molar-refractivity contribution in [3.63, 3.8) is 0 Å². The molecule has 0 radical (unpaired) electrons. The first-order valence-corrected chi connectivity index (χ1v) is 12.9. The quantitative estimate of drug-likeness (QED) is 0.281. The molecule has 0 aliphatic rings. The number of hydrogen-bond donors (Lipinski definition) is 3. The molecule has 0 atom stereocenters. The van der Waals surface area contributed by atoms with E-state index >= 15 is 0 Å². The molecule has 2 heterocycles. The van der Waals surface area contributed by atoms with Crippen molar-refractivity contribution >= 4 is 39.1 Å². The van der Waals surface area contributed by atoms with Crippen LogP contribution in [0.3, 0.4) is 0 Å². The van der Waals surface area contributed by atoms with Crippen LogP contribution in [0.15, 0.2) is 76.8 Å². The maximum absolute atomic E-state index is 12.0. The molecule has 0 aliphatic heterocycles. The minimum Gasteiger partial charge on any atom is -0.325 e. The SMILES string of the molecule is CCCS(=O)(=O)Nc1ccc(Sc2nc(Nc3cc(C)n[nH]3)cc(-c3ccccc3)n2)cc1. The van der Waals surface area contributed by atoms with Crippen molar-refractivity contribution in [3.8, 4) is 11.3 Å². The zero-order valence-electron chi connectivity index (χ0n) is 18.2. The second-order valence-corrected chi connectivity index (χ2v) is 10.3. The Bertz CT molecular complexity index is 1320. The molecule has 4 rings (SSSR count). The zero-order valence-corrected chi connectivity index (χ0v) is 19.9. The zero-order chi connectivity index (χ0) is 23.3. The van der Waals surface area contributed by atoms with E-state index < -0.39 is 10.0 Å². The molecular formula is C23H24N6O2S2. The second kappa shape index (κ2) is 10.1. The van der Waals surface area contributed by atoms with Crippen LogP contribution in [-0.4, -0.2) is 34.3 Å². The van der Waals surface area contributed by atoms with Crippen LogP contribution in [0.5, 0.6) is 0 Å². The number of hydrogen-bond acceptors (Lipinski definition) is 7.